The van der Waals surface area contributed by atoms with Crippen molar-refractivity contribution >= 4 is 62.1 Å². The number of unbranched alkanes of at least 4 members (excludes halogenated alkanes) is 1. The third-order valence-corrected chi connectivity index (χ3v) is 8.06. The van der Waals surface area contributed by atoms with E-state index < -0.39 is 10.0 Å². The molecule has 2 aromatic carbocycles. The van der Waals surface area contributed by atoms with Crippen molar-refractivity contribution in [1.82, 2.24) is 14.6 Å². The number of nitrogens with one attached hydrogen (secondary N) is 1. The Morgan fingerprint density at radius 3 is 2.48 bits per heavy atom. The van der Waals surface area contributed by atoms with Crippen LogP contribution in [0.5, 0.6) is 0 Å². The van der Waals surface area contributed by atoms with Gasteiger partial charge in [0.05, 0.1) is 15.7 Å². The zero-order valence-electron chi connectivity index (χ0n) is 18.1. The van der Waals surface area contributed by atoms with Crippen molar-refractivity contribution in [2.24, 2.45) is 0 Å². The van der Waals surface area contributed by atoms with Crippen LogP contribution in [0.25, 0.3) is 10.8 Å². The molecule has 1 aromatic heterocycles. The van der Waals surface area contributed by atoms with E-state index in [-0.39, 0.29) is 17.3 Å². The summed E-state index contributed by atoms with van der Waals surface area (Å²) in [4.78, 5) is 8.97. The minimum atomic E-state index is -3.59. The molecule has 0 radical (unpaired) electrons. The lowest BCUT2D eigenvalue weighted by Gasteiger charge is -2.36. The van der Waals surface area contributed by atoms with Gasteiger partial charge in [0.1, 0.15) is 4.90 Å². The molecule has 10 heteroatoms. The molecule has 1 aliphatic rings. The van der Waals surface area contributed by atoms with Crippen molar-refractivity contribution in [2.75, 3.05) is 44.2 Å². The number of benzene rings is 2. The van der Waals surface area contributed by atoms with Crippen LogP contribution in [-0.2, 0) is 10.0 Å². The normalized spacial score (nSPS) is 14.9. The molecule has 6 nitrogen and oxygen atoms in total. The van der Waals surface area contributed by atoms with Gasteiger partial charge in [-0.05, 0) is 31.5 Å². The smallest absolute Gasteiger partial charge is 0.242 e. The van der Waals surface area contributed by atoms with Crippen molar-refractivity contribution in [2.45, 2.75) is 17.7 Å². The van der Waals surface area contributed by atoms with Crippen molar-refractivity contribution in [3.05, 3.63) is 64.9 Å². The van der Waals surface area contributed by atoms with Gasteiger partial charge in [-0.2, -0.15) is 0 Å². The summed E-state index contributed by atoms with van der Waals surface area (Å²) >= 11 is 12.5. The van der Waals surface area contributed by atoms with Crippen LogP contribution in [0.1, 0.15) is 12.8 Å². The van der Waals surface area contributed by atoms with Gasteiger partial charge in [0, 0.05) is 55.9 Å². The summed E-state index contributed by atoms with van der Waals surface area (Å²) in [6.45, 7) is 5.01. The summed E-state index contributed by atoms with van der Waals surface area (Å²) < 4.78 is 28.2. The number of sulfonamides is 1. The second-order valence-electron chi connectivity index (χ2n) is 7.87. The molecule has 0 saturated carbocycles. The van der Waals surface area contributed by atoms with Crippen LogP contribution >= 0.6 is 35.6 Å². The molecule has 4 rings (SSSR count). The van der Waals surface area contributed by atoms with E-state index in [9.17, 15) is 8.42 Å². The van der Waals surface area contributed by atoms with Crippen molar-refractivity contribution in [3.63, 3.8) is 0 Å². The highest BCUT2D eigenvalue weighted by atomic mass is 35.5. The quantitative estimate of drug-likeness (QED) is 0.423. The van der Waals surface area contributed by atoms with E-state index >= 15 is 0 Å². The lowest BCUT2D eigenvalue weighted by molar-refractivity contribution is 0.253. The van der Waals surface area contributed by atoms with E-state index in [1.165, 1.54) is 6.20 Å². The largest absolute Gasteiger partial charge is 0.368 e. The molecule has 1 aliphatic heterocycles. The fourth-order valence-electron chi connectivity index (χ4n) is 4.00. The summed E-state index contributed by atoms with van der Waals surface area (Å²) in [5.74, 6) is 0. The van der Waals surface area contributed by atoms with E-state index in [2.05, 4.69) is 19.5 Å². The van der Waals surface area contributed by atoms with E-state index in [1.807, 2.05) is 36.4 Å². The summed E-state index contributed by atoms with van der Waals surface area (Å²) in [5.41, 5.74) is 0.983. The van der Waals surface area contributed by atoms with Crippen LogP contribution in [0, 0.1) is 0 Å². The van der Waals surface area contributed by atoms with Crippen LogP contribution in [0.3, 0.4) is 0 Å². The Morgan fingerprint density at radius 2 is 1.70 bits per heavy atom. The second kappa shape index (κ2) is 11.7. The molecule has 0 unspecified atom stereocenters. The van der Waals surface area contributed by atoms with E-state index in [0.29, 0.717) is 22.0 Å². The van der Waals surface area contributed by atoms with E-state index in [4.69, 9.17) is 23.2 Å². The lowest BCUT2D eigenvalue weighted by Crippen LogP contribution is -2.46. The summed E-state index contributed by atoms with van der Waals surface area (Å²) in [6.07, 6.45) is 4.79. The Bertz CT molecular complexity index is 1180. The van der Waals surface area contributed by atoms with Crippen LogP contribution in [-0.4, -0.2) is 57.6 Å². The summed E-state index contributed by atoms with van der Waals surface area (Å²) in [6, 6.07) is 13.1. The average molecular weight is 530 g/mol. The van der Waals surface area contributed by atoms with Gasteiger partial charge in [0.15, 0.2) is 0 Å². The Labute approximate surface area is 211 Å². The number of rotatable bonds is 8. The number of halogens is 3. The van der Waals surface area contributed by atoms with Crippen molar-refractivity contribution in [1.29, 1.82) is 0 Å². The molecule has 1 N–H and O–H groups in total. The molecule has 0 atom stereocenters. The standard InChI is InChI=1S/C23H26Cl2N4O2S.ClH/c24-20-8-5-9-21(23(20)25)29-14-12-28(13-15-29)11-4-3-10-27-32(30,31)22-17-26-16-18-6-1-2-7-19(18)22;/h1-2,5-9,16-17,27H,3-4,10-15H2;1H. The minimum absolute atomic E-state index is 0. The SMILES string of the molecule is Cl.O=S(=O)(NCCCCN1CCN(c2cccc(Cl)c2Cl)CC1)c1cncc2ccccc12. The number of anilines is 1. The molecule has 0 aliphatic carbocycles. The molecule has 1 saturated heterocycles. The molecule has 33 heavy (non-hydrogen) atoms. The summed E-state index contributed by atoms with van der Waals surface area (Å²) in [5, 5.41) is 2.69. The van der Waals surface area contributed by atoms with Gasteiger partial charge in [0.2, 0.25) is 10.0 Å². The maximum atomic E-state index is 12.7. The molecule has 0 bridgehead atoms. The van der Waals surface area contributed by atoms with Crippen LogP contribution in [0.2, 0.25) is 10.0 Å². The third kappa shape index (κ3) is 6.29. The average Bonchev–Trinajstić information content (AvgIpc) is 2.81. The van der Waals surface area contributed by atoms with Crippen LogP contribution in [0.4, 0.5) is 5.69 Å². The number of aromatic nitrogens is 1. The van der Waals surface area contributed by atoms with Crippen molar-refractivity contribution in [3.8, 4) is 0 Å². The van der Waals surface area contributed by atoms with Crippen LogP contribution in [0.15, 0.2) is 59.8 Å². The molecule has 0 amide bonds. The van der Waals surface area contributed by atoms with E-state index in [0.717, 1.165) is 56.6 Å². The number of hydrogen-bond acceptors (Lipinski definition) is 5. The predicted octanol–water partition coefficient (Wildman–Crippen LogP) is 4.84. The number of pyridine rings is 1. The van der Waals surface area contributed by atoms with Crippen molar-refractivity contribution < 1.29 is 8.42 Å². The zero-order chi connectivity index (χ0) is 22.6. The Kier molecular flexibility index (Phi) is 9.21. The van der Waals surface area contributed by atoms with Gasteiger partial charge in [0.25, 0.3) is 0 Å². The van der Waals surface area contributed by atoms with Crippen LogP contribution < -0.4 is 9.62 Å². The highest BCUT2D eigenvalue weighted by Gasteiger charge is 2.20. The van der Waals surface area contributed by atoms with Gasteiger partial charge in [-0.25, -0.2) is 13.1 Å². The number of hydrogen-bond donors (Lipinski definition) is 1. The molecule has 178 valence electrons. The highest BCUT2D eigenvalue weighted by Crippen LogP contribution is 2.32. The fourth-order valence-corrected chi connectivity index (χ4v) is 5.66. The maximum absolute atomic E-state index is 12.7. The first-order chi connectivity index (χ1) is 15.5. The first-order valence-electron chi connectivity index (χ1n) is 10.7. The fraction of sp³-hybridized carbons (Fsp3) is 0.348. The summed E-state index contributed by atoms with van der Waals surface area (Å²) in [7, 11) is -3.59. The molecule has 2 heterocycles. The predicted molar refractivity (Wildman–Crippen MR) is 139 cm³/mol. The second-order valence-corrected chi connectivity index (χ2v) is 10.4. The first-order valence-corrected chi connectivity index (χ1v) is 12.9. The Balaban J connectivity index is 0.00000306. The van der Waals surface area contributed by atoms with Gasteiger partial charge >= 0.3 is 0 Å². The Hall–Kier alpha value is -1.61. The van der Waals surface area contributed by atoms with Gasteiger partial charge < -0.3 is 4.90 Å². The minimum Gasteiger partial charge on any atom is -0.368 e. The maximum Gasteiger partial charge on any atom is 0.242 e. The molecule has 3 aromatic rings. The third-order valence-electron chi connectivity index (χ3n) is 5.76. The topological polar surface area (TPSA) is 65.5 Å². The number of fused-ring (bicyclic) bond motifs is 1. The molecular formula is C23H27Cl3N4O2S. The molecule has 0 spiro atoms. The lowest BCUT2D eigenvalue weighted by atomic mass is 10.2. The Morgan fingerprint density at radius 1 is 0.939 bits per heavy atom. The van der Waals surface area contributed by atoms with Gasteiger partial charge in [-0.1, -0.05) is 53.5 Å². The van der Waals surface area contributed by atoms with Gasteiger partial charge in [-0.15, -0.1) is 12.4 Å². The zero-order valence-corrected chi connectivity index (χ0v) is 21.2. The number of piperazine rings is 1. The first kappa shape index (κ1) is 26.0. The molecular weight excluding hydrogens is 503 g/mol. The highest BCUT2D eigenvalue weighted by molar-refractivity contribution is 7.89. The van der Waals surface area contributed by atoms with Gasteiger partial charge in [-0.3, -0.25) is 9.88 Å². The number of nitrogens with zero attached hydrogens (tertiary/aromatic N) is 3. The molecule has 1 fully saturated rings. The van der Waals surface area contributed by atoms with E-state index in [1.54, 1.807) is 12.3 Å². The monoisotopic (exact) mass is 528 g/mol.